The standard InChI is InChI=1S/C20H32/c1-3-4-5-7-10-17(2)18-13-15-20(16-14-18)19-11-8-6-9-12-19/h6,8-9,11-12,17-18,20H,3-5,7,10,13-16H2,1-2H3. The lowest BCUT2D eigenvalue weighted by atomic mass is 9.73. The van der Waals surface area contributed by atoms with Crippen molar-refractivity contribution in [2.24, 2.45) is 11.8 Å². The maximum Gasteiger partial charge on any atom is -0.0162 e. The van der Waals surface area contributed by atoms with Gasteiger partial charge in [-0.2, -0.15) is 0 Å². The zero-order valence-electron chi connectivity index (χ0n) is 13.5. The molecule has 1 unspecified atom stereocenters. The SMILES string of the molecule is CCCCCCC(C)C1CCC(c2ccccc2)CC1. The molecule has 0 bridgehead atoms. The molecule has 0 N–H and O–H groups in total. The van der Waals surface area contributed by atoms with Crippen LogP contribution in [0.15, 0.2) is 30.3 Å². The van der Waals surface area contributed by atoms with Crippen molar-refractivity contribution < 1.29 is 0 Å². The molecule has 0 heterocycles. The van der Waals surface area contributed by atoms with Crippen LogP contribution < -0.4 is 0 Å². The average Bonchev–Trinajstić information content (AvgIpc) is 2.52. The predicted octanol–water partition coefficient (Wildman–Crippen LogP) is 6.57. The molecular weight excluding hydrogens is 240 g/mol. The van der Waals surface area contributed by atoms with E-state index in [1.807, 2.05) is 0 Å². The number of unbranched alkanes of at least 4 members (excludes halogenated alkanes) is 3. The molecule has 0 nitrogen and oxygen atoms in total. The third-order valence-corrected chi connectivity index (χ3v) is 5.36. The van der Waals surface area contributed by atoms with Gasteiger partial charge in [0.2, 0.25) is 0 Å². The second-order valence-electron chi connectivity index (χ2n) is 6.85. The van der Waals surface area contributed by atoms with Gasteiger partial charge in [-0.3, -0.25) is 0 Å². The van der Waals surface area contributed by atoms with Gasteiger partial charge in [-0.1, -0.05) is 76.3 Å². The van der Waals surface area contributed by atoms with Crippen LogP contribution in [0.3, 0.4) is 0 Å². The van der Waals surface area contributed by atoms with Gasteiger partial charge in [-0.25, -0.2) is 0 Å². The van der Waals surface area contributed by atoms with Gasteiger partial charge in [-0.05, 0) is 49.0 Å². The fourth-order valence-corrected chi connectivity index (χ4v) is 3.88. The highest BCUT2D eigenvalue weighted by Gasteiger charge is 2.25. The Labute approximate surface area is 126 Å². The minimum absolute atomic E-state index is 0.833. The van der Waals surface area contributed by atoms with Gasteiger partial charge in [0.1, 0.15) is 0 Å². The molecule has 1 aliphatic rings. The lowest BCUT2D eigenvalue weighted by Gasteiger charge is -2.32. The van der Waals surface area contributed by atoms with Gasteiger partial charge in [-0.15, -0.1) is 0 Å². The minimum Gasteiger partial charge on any atom is -0.0654 e. The van der Waals surface area contributed by atoms with Crippen LogP contribution in [0.25, 0.3) is 0 Å². The van der Waals surface area contributed by atoms with E-state index in [0.29, 0.717) is 0 Å². The van der Waals surface area contributed by atoms with Crippen LogP contribution in [-0.2, 0) is 0 Å². The molecule has 1 fully saturated rings. The molecule has 0 aromatic heterocycles. The van der Waals surface area contributed by atoms with Crippen molar-refractivity contribution in [1.82, 2.24) is 0 Å². The molecule has 0 radical (unpaired) electrons. The molecule has 1 aromatic rings. The summed E-state index contributed by atoms with van der Waals surface area (Å²) in [6.45, 7) is 4.80. The molecule has 0 saturated heterocycles. The number of hydrogen-bond donors (Lipinski definition) is 0. The lowest BCUT2D eigenvalue weighted by Crippen LogP contribution is -2.19. The van der Waals surface area contributed by atoms with E-state index in [1.165, 1.54) is 57.8 Å². The summed E-state index contributed by atoms with van der Waals surface area (Å²) in [6.07, 6.45) is 12.9. The Kier molecular flexibility index (Phi) is 6.63. The minimum atomic E-state index is 0.833. The summed E-state index contributed by atoms with van der Waals surface area (Å²) >= 11 is 0. The first-order valence-electron chi connectivity index (χ1n) is 8.86. The molecule has 0 spiro atoms. The van der Waals surface area contributed by atoms with E-state index < -0.39 is 0 Å². The highest BCUT2D eigenvalue weighted by atomic mass is 14.3. The Morgan fingerprint density at radius 3 is 2.30 bits per heavy atom. The Bertz CT molecular complexity index is 346. The van der Waals surface area contributed by atoms with Crippen LogP contribution in [0.1, 0.15) is 83.1 Å². The van der Waals surface area contributed by atoms with Crippen molar-refractivity contribution in [3.63, 3.8) is 0 Å². The highest BCUT2D eigenvalue weighted by Crippen LogP contribution is 2.39. The Balaban J connectivity index is 1.71. The Morgan fingerprint density at radius 1 is 0.950 bits per heavy atom. The Morgan fingerprint density at radius 2 is 1.65 bits per heavy atom. The summed E-state index contributed by atoms with van der Waals surface area (Å²) in [6, 6.07) is 11.2. The highest BCUT2D eigenvalue weighted by molar-refractivity contribution is 5.19. The van der Waals surface area contributed by atoms with Gasteiger partial charge < -0.3 is 0 Å². The summed E-state index contributed by atoms with van der Waals surface area (Å²) in [4.78, 5) is 0. The van der Waals surface area contributed by atoms with Gasteiger partial charge in [0, 0.05) is 0 Å². The van der Waals surface area contributed by atoms with E-state index in [-0.39, 0.29) is 0 Å². The normalized spacial score (nSPS) is 24.5. The molecule has 1 atom stereocenters. The topological polar surface area (TPSA) is 0 Å². The van der Waals surface area contributed by atoms with E-state index in [4.69, 9.17) is 0 Å². The van der Waals surface area contributed by atoms with Crippen LogP contribution in [0, 0.1) is 11.8 Å². The molecule has 1 aliphatic carbocycles. The van der Waals surface area contributed by atoms with Crippen LogP contribution in [0.4, 0.5) is 0 Å². The van der Waals surface area contributed by atoms with Crippen molar-refractivity contribution >= 4 is 0 Å². The third-order valence-electron chi connectivity index (χ3n) is 5.36. The van der Waals surface area contributed by atoms with Crippen LogP contribution in [0.2, 0.25) is 0 Å². The zero-order valence-corrected chi connectivity index (χ0v) is 13.5. The maximum absolute atomic E-state index is 2.50. The number of benzene rings is 1. The van der Waals surface area contributed by atoms with Gasteiger partial charge in [0.15, 0.2) is 0 Å². The summed E-state index contributed by atoms with van der Waals surface area (Å²) in [5.74, 6) is 2.78. The molecule has 2 rings (SSSR count). The maximum atomic E-state index is 2.50. The van der Waals surface area contributed by atoms with E-state index >= 15 is 0 Å². The molecular formula is C20H32. The Hall–Kier alpha value is -0.780. The van der Waals surface area contributed by atoms with Crippen LogP contribution >= 0.6 is 0 Å². The number of hydrogen-bond acceptors (Lipinski definition) is 0. The largest absolute Gasteiger partial charge is 0.0654 e. The average molecular weight is 272 g/mol. The van der Waals surface area contributed by atoms with Crippen molar-refractivity contribution in [2.75, 3.05) is 0 Å². The molecule has 1 saturated carbocycles. The van der Waals surface area contributed by atoms with Gasteiger partial charge in [0.25, 0.3) is 0 Å². The van der Waals surface area contributed by atoms with Gasteiger partial charge in [0.05, 0.1) is 0 Å². The smallest absolute Gasteiger partial charge is 0.0162 e. The molecule has 0 heteroatoms. The molecule has 112 valence electrons. The summed E-state index contributed by atoms with van der Waals surface area (Å²) in [5, 5.41) is 0. The summed E-state index contributed by atoms with van der Waals surface area (Å²) < 4.78 is 0. The van der Waals surface area contributed by atoms with Crippen molar-refractivity contribution in [3.8, 4) is 0 Å². The first-order valence-corrected chi connectivity index (χ1v) is 8.86. The second kappa shape index (κ2) is 8.49. The van der Waals surface area contributed by atoms with Gasteiger partial charge >= 0.3 is 0 Å². The van der Waals surface area contributed by atoms with Crippen molar-refractivity contribution in [3.05, 3.63) is 35.9 Å². The number of rotatable bonds is 7. The third kappa shape index (κ3) is 4.65. The quantitative estimate of drug-likeness (QED) is 0.493. The first-order chi connectivity index (χ1) is 9.81. The molecule has 0 aliphatic heterocycles. The van der Waals surface area contributed by atoms with Crippen molar-refractivity contribution in [2.45, 2.75) is 77.6 Å². The van der Waals surface area contributed by atoms with E-state index in [2.05, 4.69) is 44.2 Å². The summed E-state index contributed by atoms with van der Waals surface area (Å²) in [7, 11) is 0. The monoisotopic (exact) mass is 272 g/mol. The predicted molar refractivity (Wildman–Crippen MR) is 89.1 cm³/mol. The van der Waals surface area contributed by atoms with Crippen LogP contribution in [-0.4, -0.2) is 0 Å². The fraction of sp³-hybridized carbons (Fsp3) is 0.700. The zero-order chi connectivity index (χ0) is 14.2. The lowest BCUT2D eigenvalue weighted by molar-refractivity contribution is 0.231. The summed E-state index contributed by atoms with van der Waals surface area (Å²) in [5.41, 5.74) is 1.57. The van der Waals surface area contributed by atoms with Crippen LogP contribution in [0.5, 0.6) is 0 Å². The first kappa shape index (κ1) is 15.6. The van der Waals surface area contributed by atoms with E-state index in [1.54, 1.807) is 5.56 Å². The van der Waals surface area contributed by atoms with E-state index in [0.717, 1.165) is 17.8 Å². The molecule has 20 heavy (non-hydrogen) atoms. The fourth-order valence-electron chi connectivity index (χ4n) is 3.88. The second-order valence-corrected chi connectivity index (χ2v) is 6.85. The molecule has 1 aromatic carbocycles. The van der Waals surface area contributed by atoms with Crippen molar-refractivity contribution in [1.29, 1.82) is 0 Å². The molecule has 0 amide bonds. The van der Waals surface area contributed by atoms with E-state index in [9.17, 15) is 0 Å².